The molecular formula is C17H12N4O5. The van der Waals surface area contributed by atoms with E-state index >= 15 is 0 Å². The summed E-state index contributed by atoms with van der Waals surface area (Å²) in [6.07, 6.45) is 1.36. The Labute approximate surface area is 146 Å². The summed E-state index contributed by atoms with van der Waals surface area (Å²) in [6, 6.07) is 15.5. The van der Waals surface area contributed by atoms with Crippen molar-refractivity contribution in [1.82, 2.24) is 0 Å². The molecule has 0 aliphatic heterocycles. The van der Waals surface area contributed by atoms with Crippen LogP contribution in [0.1, 0.15) is 5.76 Å². The first-order chi connectivity index (χ1) is 12.5. The molecule has 9 nitrogen and oxygen atoms in total. The van der Waals surface area contributed by atoms with Crippen molar-refractivity contribution >= 4 is 23.3 Å². The Morgan fingerprint density at radius 2 is 1.77 bits per heavy atom. The van der Waals surface area contributed by atoms with E-state index in [9.17, 15) is 20.2 Å². The maximum Gasteiger partial charge on any atom is 0.294 e. The lowest BCUT2D eigenvalue weighted by Gasteiger charge is -2.00. The van der Waals surface area contributed by atoms with Gasteiger partial charge in [-0.1, -0.05) is 24.3 Å². The number of benzene rings is 2. The van der Waals surface area contributed by atoms with Gasteiger partial charge in [0.2, 0.25) is 0 Å². The topological polar surface area (TPSA) is 124 Å². The van der Waals surface area contributed by atoms with Gasteiger partial charge in [-0.3, -0.25) is 25.7 Å². The zero-order valence-electron chi connectivity index (χ0n) is 13.2. The molecule has 1 N–H and O–H groups in total. The van der Waals surface area contributed by atoms with Crippen LogP contribution in [0, 0.1) is 20.2 Å². The summed E-state index contributed by atoms with van der Waals surface area (Å²) >= 11 is 0. The van der Waals surface area contributed by atoms with Crippen molar-refractivity contribution in [3.8, 4) is 11.3 Å². The molecule has 0 spiro atoms. The summed E-state index contributed by atoms with van der Waals surface area (Å²) in [5, 5.41) is 25.7. The van der Waals surface area contributed by atoms with Gasteiger partial charge < -0.3 is 4.42 Å². The third-order valence-electron chi connectivity index (χ3n) is 3.45. The summed E-state index contributed by atoms with van der Waals surface area (Å²) < 4.78 is 5.57. The summed E-state index contributed by atoms with van der Waals surface area (Å²) in [6.45, 7) is 0. The molecule has 130 valence electrons. The van der Waals surface area contributed by atoms with Crippen LogP contribution in [0.3, 0.4) is 0 Å². The van der Waals surface area contributed by atoms with Crippen LogP contribution in [0.4, 0.5) is 17.1 Å². The predicted octanol–water partition coefficient (Wildman–Crippen LogP) is 4.21. The number of non-ortho nitro benzene ring substituents is 1. The molecule has 0 atom stereocenters. The lowest BCUT2D eigenvalue weighted by Crippen LogP contribution is -1.96. The Bertz CT molecular complexity index is 996. The van der Waals surface area contributed by atoms with Crippen LogP contribution in [-0.2, 0) is 0 Å². The summed E-state index contributed by atoms with van der Waals surface area (Å²) in [7, 11) is 0. The minimum absolute atomic E-state index is 0.0350. The molecule has 0 fully saturated rings. The average Bonchev–Trinajstić information content (AvgIpc) is 3.11. The summed E-state index contributed by atoms with van der Waals surface area (Å²) in [5.74, 6) is 0.832. The van der Waals surface area contributed by atoms with Gasteiger partial charge in [0, 0.05) is 23.8 Å². The smallest absolute Gasteiger partial charge is 0.294 e. The van der Waals surface area contributed by atoms with Crippen molar-refractivity contribution in [3.63, 3.8) is 0 Å². The van der Waals surface area contributed by atoms with Crippen LogP contribution in [0.2, 0.25) is 0 Å². The van der Waals surface area contributed by atoms with E-state index in [1.54, 1.807) is 36.4 Å². The molecule has 2 aromatic carbocycles. The molecule has 0 unspecified atom stereocenters. The van der Waals surface area contributed by atoms with Crippen LogP contribution < -0.4 is 5.43 Å². The highest BCUT2D eigenvalue weighted by Gasteiger charge is 2.12. The first kappa shape index (κ1) is 16.8. The Hall–Kier alpha value is -4.01. The molecular weight excluding hydrogens is 340 g/mol. The van der Waals surface area contributed by atoms with Gasteiger partial charge in [0.15, 0.2) is 0 Å². The van der Waals surface area contributed by atoms with Crippen LogP contribution in [0.5, 0.6) is 0 Å². The number of nitro groups is 2. The van der Waals surface area contributed by atoms with Gasteiger partial charge in [0.25, 0.3) is 11.4 Å². The van der Waals surface area contributed by atoms with Crippen molar-refractivity contribution < 1.29 is 14.3 Å². The monoisotopic (exact) mass is 352 g/mol. The number of nitrogens with zero attached hydrogens (tertiary/aromatic N) is 3. The van der Waals surface area contributed by atoms with Gasteiger partial charge in [-0.2, -0.15) is 5.10 Å². The van der Waals surface area contributed by atoms with Gasteiger partial charge >= 0.3 is 0 Å². The zero-order valence-corrected chi connectivity index (χ0v) is 13.2. The molecule has 0 amide bonds. The molecule has 0 aliphatic carbocycles. The van der Waals surface area contributed by atoms with Gasteiger partial charge in [0.1, 0.15) is 17.2 Å². The first-order valence-electron chi connectivity index (χ1n) is 7.42. The van der Waals surface area contributed by atoms with E-state index in [2.05, 4.69) is 10.5 Å². The normalized spacial score (nSPS) is 10.8. The number of nitro benzene ring substituents is 2. The Balaban J connectivity index is 1.75. The molecule has 1 aromatic heterocycles. The van der Waals surface area contributed by atoms with Gasteiger partial charge in [-0.15, -0.1) is 0 Å². The minimum atomic E-state index is -0.509. The van der Waals surface area contributed by atoms with Crippen LogP contribution >= 0.6 is 0 Å². The molecule has 0 radical (unpaired) electrons. The second kappa shape index (κ2) is 7.26. The number of para-hydroxylation sites is 2. The van der Waals surface area contributed by atoms with Crippen LogP contribution in [0.25, 0.3) is 11.3 Å². The lowest BCUT2D eigenvalue weighted by molar-refractivity contribution is -0.384. The van der Waals surface area contributed by atoms with Crippen molar-refractivity contribution in [2.45, 2.75) is 0 Å². The molecule has 0 saturated heterocycles. The maximum atomic E-state index is 10.9. The molecule has 0 bridgehead atoms. The zero-order chi connectivity index (χ0) is 18.5. The largest absolute Gasteiger partial charge is 0.455 e. The van der Waals surface area contributed by atoms with Crippen molar-refractivity contribution in [3.05, 3.63) is 86.7 Å². The summed E-state index contributed by atoms with van der Waals surface area (Å²) in [5.41, 5.74) is 3.27. The highest BCUT2D eigenvalue weighted by molar-refractivity contribution is 5.78. The molecule has 1 heterocycles. The number of hydrogen-bond acceptors (Lipinski definition) is 7. The number of rotatable bonds is 6. The highest BCUT2D eigenvalue weighted by atomic mass is 16.6. The number of anilines is 1. The predicted molar refractivity (Wildman–Crippen MR) is 95.1 cm³/mol. The van der Waals surface area contributed by atoms with E-state index in [1.807, 2.05) is 0 Å². The lowest BCUT2D eigenvalue weighted by atomic mass is 10.1. The number of hydrogen-bond donors (Lipinski definition) is 1. The highest BCUT2D eigenvalue weighted by Crippen LogP contribution is 2.26. The summed E-state index contributed by atoms with van der Waals surface area (Å²) in [4.78, 5) is 20.8. The van der Waals surface area contributed by atoms with E-state index < -0.39 is 9.85 Å². The molecule has 3 rings (SSSR count). The fourth-order valence-electron chi connectivity index (χ4n) is 2.24. The van der Waals surface area contributed by atoms with E-state index in [4.69, 9.17) is 4.42 Å². The fraction of sp³-hybridized carbons (Fsp3) is 0. The van der Waals surface area contributed by atoms with Crippen molar-refractivity contribution in [2.24, 2.45) is 5.10 Å². The van der Waals surface area contributed by atoms with Gasteiger partial charge in [0.05, 0.1) is 16.1 Å². The minimum Gasteiger partial charge on any atom is -0.455 e. The van der Waals surface area contributed by atoms with E-state index in [0.29, 0.717) is 17.1 Å². The molecule has 0 aliphatic rings. The third-order valence-corrected chi connectivity index (χ3v) is 3.45. The second-order valence-electron chi connectivity index (χ2n) is 5.15. The van der Waals surface area contributed by atoms with Gasteiger partial charge in [-0.25, -0.2) is 0 Å². The second-order valence-corrected chi connectivity index (χ2v) is 5.15. The molecule has 3 aromatic rings. The Morgan fingerprint density at radius 1 is 0.962 bits per heavy atom. The van der Waals surface area contributed by atoms with E-state index in [0.717, 1.165) is 0 Å². The number of hydrazone groups is 1. The van der Waals surface area contributed by atoms with Crippen LogP contribution in [0.15, 0.2) is 70.2 Å². The average molecular weight is 352 g/mol. The molecule has 0 saturated carbocycles. The number of nitrogens with one attached hydrogen (secondary N) is 1. The van der Waals surface area contributed by atoms with Crippen molar-refractivity contribution in [1.29, 1.82) is 0 Å². The van der Waals surface area contributed by atoms with E-state index in [-0.39, 0.29) is 17.1 Å². The maximum absolute atomic E-state index is 10.9. The quantitative estimate of drug-likeness (QED) is 0.402. The van der Waals surface area contributed by atoms with Crippen LogP contribution in [-0.4, -0.2) is 16.1 Å². The van der Waals surface area contributed by atoms with Crippen molar-refractivity contribution in [2.75, 3.05) is 5.43 Å². The Kier molecular flexibility index (Phi) is 4.70. The third kappa shape index (κ3) is 3.73. The van der Waals surface area contributed by atoms with Gasteiger partial charge in [-0.05, 0) is 18.2 Å². The molecule has 26 heavy (non-hydrogen) atoms. The first-order valence-corrected chi connectivity index (χ1v) is 7.42. The fourth-order valence-corrected chi connectivity index (χ4v) is 2.24. The SMILES string of the molecule is O=[N+]([O-])c1cccc(-c2ccc(/C=N\Nc3ccccc3[N+](=O)[O-])o2)c1. The Morgan fingerprint density at radius 3 is 2.54 bits per heavy atom. The molecule has 9 heteroatoms. The van der Waals surface area contributed by atoms with E-state index in [1.165, 1.54) is 30.5 Å². The standard InChI is InChI=1S/C17H12N4O5/c22-20(23)13-5-3-4-12(10-13)17-9-8-14(26-17)11-18-19-15-6-1-2-7-16(15)21(24)25/h1-11,19H/b18-11-. The number of furan rings is 1.